The Balaban J connectivity index is 1.59. The van der Waals surface area contributed by atoms with E-state index in [1.54, 1.807) is 0 Å². The lowest BCUT2D eigenvalue weighted by Crippen LogP contribution is -2.45. The lowest BCUT2D eigenvalue weighted by Gasteiger charge is -2.35. The van der Waals surface area contributed by atoms with Crippen molar-refractivity contribution in [1.29, 1.82) is 0 Å². The highest BCUT2D eigenvalue weighted by atomic mass is 16.5. The fourth-order valence-corrected chi connectivity index (χ4v) is 3.42. The van der Waals surface area contributed by atoms with Gasteiger partial charge >= 0.3 is 0 Å². The van der Waals surface area contributed by atoms with Crippen LogP contribution in [0.2, 0.25) is 0 Å². The quantitative estimate of drug-likeness (QED) is 0.884. The molecule has 0 radical (unpaired) electrons. The minimum Gasteiger partial charge on any atom is -0.373 e. The van der Waals surface area contributed by atoms with Crippen molar-refractivity contribution < 1.29 is 4.74 Å². The van der Waals surface area contributed by atoms with E-state index in [1.165, 1.54) is 16.8 Å². The van der Waals surface area contributed by atoms with E-state index >= 15 is 0 Å². The van der Waals surface area contributed by atoms with Crippen LogP contribution >= 0.6 is 0 Å². The number of benzene rings is 1. The fourth-order valence-electron chi connectivity index (χ4n) is 3.42. The molecule has 1 fully saturated rings. The fraction of sp³-hybridized carbons (Fsp3) is 0.526. The van der Waals surface area contributed by atoms with Crippen molar-refractivity contribution >= 4 is 0 Å². The molecule has 24 heavy (non-hydrogen) atoms. The van der Waals surface area contributed by atoms with Gasteiger partial charge in [0.05, 0.1) is 24.2 Å². The zero-order valence-electron chi connectivity index (χ0n) is 14.9. The Morgan fingerprint density at radius 2 is 1.83 bits per heavy atom. The number of hydrogen-bond acceptors (Lipinski definition) is 4. The molecule has 0 saturated carbocycles. The second-order valence-corrected chi connectivity index (χ2v) is 6.82. The predicted molar refractivity (Wildman–Crippen MR) is 95.5 cm³/mol. The summed E-state index contributed by atoms with van der Waals surface area (Å²) >= 11 is 0. The van der Waals surface area contributed by atoms with Crippen molar-refractivity contribution in [3.05, 3.63) is 53.6 Å². The maximum atomic E-state index is 5.84. The highest BCUT2D eigenvalue weighted by Crippen LogP contribution is 2.17. The maximum Gasteiger partial charge on any atom is 0.0945 e. The third-order valence-electron chi connectivity index (χ3n) is 4.55. The minimum absolute atomic E-state index is 0.309. The van der Waals surface area contributed by atoms with Crippen LogP contribution in [0.4, 0.5) is 0 Å². The molecule has 2 aromatic rings. The van der Waals surface area contributed by atoms with Gasteiger partial charge in [0.25, 0.3) is 0 Å². The van der Waals surface area contributed by atoms with Crippen LogP contribution in [0.1, 0.15) is 30.7 Å². The molecular weight excluding hydrogens is 300 g/mol. The van der Waals surface area contributed by atoms with Gasteiger partial charge < -0.3 is 14.6 Å². The smallest absolute Gasteiger partial charge is 0.0945 e. The number of imidazole rings is 1. The van der Waals surface area contributed by atoms with E-state index in [2.05, 4.69) is 57.9 Å². The number of aryl methyl sites for hydroxylation is 1. The molecule has 2 atom stereocenters. The number of morpholine rings is 1. The Labute approximate surface area is 144 Å². The number of aromatic nitrogens is 2. The SMILES string of the molecule is C[C@@H]1CN(Cc2ccccc2CNCc2cncn2C)C[C@@H](C)O1. The summed E-state index contributed by atoms with van der Waals surface area (Å²) in [4.78, 5) is 6.66. The highest BCUT2D eigenvalue weighted by Gasteiger charge is 2.22. The predicted octanol–water partition coefficient (Wildman–Crippen LogP) is 2.32. The van der Waals surface area contributed by atoms with Crippen LogP contribution in [-0.4, -0.2) is 39.7 Å². The van der Waals surface area contributed by atoms with Gasteiger partial charge in [-0.05, 0) is 25.0 Å². The summed E-state index contributed by atoms with van der Waals surface area (Å²) in [6, 6.07) is 8.72. The number of rotatable bonds is 6. The molecule has 3 rings (SSSR count). The number of nitrogens with zero attached hydrogens (tertiary/aromatic N) is 3. The first-order valence-corrected chi connectivity index (χ1v) is 8.72. The molecule has 0 unspecified atom stereocenters. The van der Waals surface area contributed by atoms with E-state index in [9.17, 15) is 0 Å². The third-order valence-corrected chi connectivity index (χ3v) is 4.55. The van der Waals surface area contributed by atoms with E-state index in [0.717, 1.165) is 32.7 Å². The molecule has 2 heterocycles. The summed E-state index contributed by atoms with van der Waals surface area (Å²) in [5, 5.41) is 3.54. The van der Waals surface area contributed by atoms with E-state index in [-0.39, 0.29) is 0 Å². The zero-order chi connectivity index (χ0) is 16.9. The van der Waals surface area contributed by atoms with Crippen molar-refractivity contribution in [3.63, 3.8) is 0 Å². The van der Waals surface area contributed by atoms with Crippen LogP contribution in [0.15, 0.2) is 36.8 Å². The first-order chi connectivity index (χ1) is 11.6. The Morgan fingerprint density at radius 3 is 2.50 bits per heavy atom. The largest absolute Gasteiger partial charge is 0.373 e. The summed E-state index contributed by atoms with van der Waals surface area (Å²) in [6.07, 6.45) is 4.37. The van der Waals surface area contributed by atoms with Crippen LogP contribution in [0.25, 0.3) is 0 Å². The first-order valence-electron chi connectivity index (χ1n) is 8.72. The standard InChI is InChI=1S/C19H28N4O/c1-15-11-23(12-16(2)24-15)13-18-7-5-4-6-17(18)8-20-9-19-10-21-14-22(19)3/h4-7,10,14-16,20H,8-9,11-13H2,1-3H3/t15-,16-/m1/s1. The zero-order valence-corrected chi connectivity index (χ0v) is 14.9. The van der Waals surface area contributed by atoms with Crippen LogP contribution in [-0.2, 0) is 31.4 Å². The molecule has 0 spiro atoms. The molecule has 0 aliphatic carbocycles. The average Bonchev–Trinajstić information content (AvgIpc) is 2.93. The Bertz CT molecular complexity index is 644. The second-order valence-electron chi connectivity index (χ2n) is 6.82. The topological polar surface area (TPSA) is 42.3 Å². The van der Waals surface area contributed by atoms with Crippen LogP contribution in [0.5, 0.6) is 0 Å². The molecule has 1 saturated heterocycles. The van der Waals surface area contributed by atoms with Gasteiger partial charge in [0.15, 0.2) is 0 Å². The van der Waals surface area contributed by atoms with Crippen LogP contribution < -0.4 is 5.32 Å². The van der Waals surface area contributed by atoms with Gasteiger partial charge in [-0.1, -0.05) is 24.3 Å². The summed E-state index contributed by atoms with van der Waals surface area (Å²) in [5.74, 6) is 0. The van der Waals surface area contributed by atoms with Gasteiger partial charge in [-0.2, -0.15) is 0 Å². The molecule has 1 aliphatic heterocycles. The van der Waals surface area contributed by atoms with Gasteiger partial charge in [-0.25, -0.2) is 4.98 Å². The van der Waals surface area contributed by atoms with Gasteiger partial charge in [-0.15, -0.1) is 0 Å². The molecule has 1 aromatic carbocycles. The Hall–Kier alpha value is -1.69. The summed E-state index contributed by atoms with van der Waals surface area (Å²) in [5.41, 5.74) is 3.96. The molecule has 0 bridgehead atoms. The average molecular weight is 328 g/mol. The molecule has 1 aromatic heterocycles. The normalized spacial score (nSPS) is 22.0. The van der Waals surface area contributed by atoms with Crippen molar-refractivity contribution in [2.45, 2.75) is 45.7 Å². The van der Waals surface area contributed by atoms with Gasteiger partial charge in [0, 0.05) is 46.0 Å². The lowest BCUT2D eigenvalue weighted by molar-refractivity contribution is -0.0705. The number of ether oxygens (including phenoxy) is 1. The summed E-state index contributed by atoms with van der Waals surface area (Å²) in [7, 11) is 2.03. The van der Waals surface area contributed by atoms with E-state index < -0.39 is 0 Å². The Morgan fingerprint density at radius 1 is 1.12 bits per heavy atom. The van der Waals surface area contributed by atoms with E-state index in [1.807, 2.05) is 19.6 Å². The third kappa shape index (κ3) is 4.44. The van der Waals surface area contributed by atoms with Crippen LogP contribution in [0, 0.1) is 0 Å². The first kappa shape index (κ1) is 17.1. The number of nitrogens with one attached hydrogen (secondary N) is 1. The molecule has 0 amide bonds. The van der Waals surface area contributed by atoms with Crippen molar-refractivity contribution in [2.24, 2.45) is 7.05 Å². The van der Waals surface area contributed by atoms with Crippen molar-refractivity contribution in [3.8, 4) is 0 Å². The van der Waals surface area contributed by atoms with Gasteiger partial charge in [0.1, 0.15) is 0 Å². The van der Waals surface area contributed by atoms with Gasteiger partial charge in [-0.3, -0.25) is 4.90 Å². The van der Waals surface area contributed by atoms with E-state index in [0.29, 0.717) is 12.2 Å². The summed E-state index contributed by atoms with van der Waals surface area (Å²) in [6.45, 7) is 9.01. The maximum absolute atomic E-state index is 5.84. The lowest BCUT2D eigenvalue weighted by atomic mass is 10.1. The monoisotopic (exact) mass is 328 g/mol. The molecule has 1 aliphatic rings. The molecule has 5 heteroatoms. The molecule has 130 valence electrons. The summed E-state index contributed by atoms with van der Waals surface area (Å²) < 4.78 is 7.89. The minimum atomic E-state index is 0.309. The van der Waals surface area contributed by atoms with Crippen molar-refractivity contribution in [2.75, 3.05) is 13.1 Å². The second kappa shape index (κ2) is 7.92. The van der Waals surface area contributed by atoms with Crippen molar-refractivity contribution in [1.82, 2.24) is 19.8 Å². The molecule has 5 nitrogen and oxygen atoms in total. The Kier molecular flexibility index (Phi) is 5.66. The number of hydrogen-bond donors (Lipinski definition) is 1. The molecular formula is C19H28N4O. The highest BCUT2D eigenvalue weighted by molar-refractivity contribution is 5.27. The van der Waals surface area contributed by atoms with Gasteiger partial charge in [0.2, 0.25) is 0 Å². The molecule has 1 N–H and O–H groups in total. The van der Waals surface area contributed by atoms with Crippen LogP contribution in [0.3, 0.4) is 0 Å². The van der Waals surface area contributed by atoms with E-state index in [4.69, 9.17) is 4.74 Å².